The van der Waals surface area contributed by atoms with Gasteiger partial charge in [-0.25, -0.2) is 8.78 Å². The Hall–Kier alpha value is -0.400. The first kappa shape index (κ1) is 15.1. The van der Waals surface area contributed by atoms with E-state index in [1.807, 2.05) is 0 Å². The van der Waals surface area contributed by atoms with Gasteiger partial charge in [0, 0.05) is 6.42 Å². The van der Waals surface area contributed by atoms with Crippen molar-refractivity contribution in [2.45, 2.75) is 89.9 Å². The predicted molar refractivity (Wildman–Crippen MR) is 86.2 cm³/mol. The molecular formula is C20H30F2. The summed E-state index contributed by atoms with van der Waals surface area (Å²) >= 11 is 0. The number of alkyl halides is 2. The van der Waals surface area contributed by atoms with Gasteiger partial charge < -0.3 is 0 Å². The van der Waals surface area contributed by atoms with E-state index in [9.17, 15) is 8.78 Å². The summed E-state index contributed by atoms with van der Waals surface area (Å²) < 4.78 is 27.3. The molecule has 0 aromatic carbocycles. The number of hydrogen-bond donors (Lipinski definition) is 0. The molecule has 5 rings (SSSR count). The van der Waals surface area contributed by atoms with E-state index in [1.54, 1.807) is 11.1 Å². The Labute approximate surface area is 133 Å². The van der Waals surface area contributed by atoms with Crippen molar-refractivity contribution in [3.63, 3.8) is 0 Å². The lowest BCUT2D eigenvalue weighted by Crippen LogP contribution is -2.36. The molecule has 124 valence electrons. The van der Waals surface area contributed by atoms with Gasteiger partial charge in [-0.2, -0.15) is 0 Å². The van der Waals surface area contributed by atoms with Crippen molar-refractivity contribution < 1.29 is 8.78 Å². The van der Waals surface area contributed by atoms with Crippen molar-refractivity contribution in [1.29, 1.82) is 0 Å². The quantitative estimate of drug-likeness (QED) is 0.536. The molecule has 3 fully saturated rings. The average Bonchev–Trinajstić information content (AvgIpc) is 2.46. The highest BCUT2D eigenvalue weighted by molar-refractivity contribution is 5.31. The summed E-state index contributed by atoms with van der Waals surface area (Å²) in [5.74, 6) is 1.71. The maximum Gasteiger partial charge on any atom is 0.103 e. The van der Waals surface area contributed by atoms with E-state index < -0.39 is 12.3 Å². The van der Waals surface area contributed by atoms with E-state index in [4.69, 9.17) is 0 Å². The van der Waals surface area contributed by atoms with Crippen molar-refractivity contribution in [3.8, 4) is 0 Å². The van der Waals surface area contributed by atoms with Gasteiger partial charge in [-0.3, -0.25) is 0 Å². The third-order valence-corrected chi connectivity index (χ3v) is 7.29. The molecule has 0 spiro atoms. The Bertz CT molecular complexity index is 440. The summed E-state index contributed by atoms with van der Waals surface area (Å²) in [5, 5.41) is 0. The van der Waals surface area contributed by atoms with Gasteiger partial charge in [0.15, 0.2) is 0 Å². The molecule has 0 nitrogen and oxygen atoms in total. The average molecular weight is 308 g/mol. The normalized spacial score (nSPS) is 44.6. The van der Waals surface area contributed by atoms with Crippen LogP contribution in [0.3, 0.4) is 0 Å². The monoisotopic (exact) mass is 308 g/mol. The zero-order chi connectivity index (χ0) is 15.3. The van der Waals surface area contributed by atoms with Gasteiger partial charge in [0.05, 0.1) is 0 Å². The zero-order valence-electron chi connectivity index (χ0n) is 13.9. The SMILES string of the molecule is CC12CCC(C3CCC(C4CC(F)CC(F)C4)CC3)=C(C1)C2. The first-order chi connectivity index (χ1) is 10.5. The number of allylic oxidation sites excluding steroid dienone is 2. The van der Waals surface area contributed by atoms with E-state index in [0.29, 0.717) is 30.1 Å². The van der Waals surface area contributed by atoms with Crippen LogP contribution in [0.15, 0.2) is 11.1 Å². The Morgan fingerprint density at radius 2 is 1.50 bits per heavy atom. The molecule has 2 bridgehead atoms. The summed E-state index contributed by atoms with van der Waals surface area (Å²) in [6.07, 6.45) is 10.1. The fourth-order valence-electron chi connectivity index (χ4n) is 6.04. The van der Waals surface area contributed by atoms with Crippen molar-refractivity contribution >= 4 is 0 Å². The fraction of sp³-hybridized carbons (Fsp3) is 0.900. The highest BCUT2D eigenvalue weighted by Gasteiger charge is 2.43. The molecule has 2 heteroatoms. The lowest BCUT2D eigenvalue weighted by molar-refractivity contribution is 0.0686. The molecule has 0 radical (unpaired) electrons. The summed E-state index contributed by atoms with van der Waals surface area (Å²) in [7, 11) is 0. The lowest BCUT2D eigenvalue weighted by Gasteiger charge is -2.50. The Kier molecular flexibility index (Phi) is 3.85. The molecule has 0 aromatic rings. The van der Waals surface area contributed by atoms with Crippen LogP contribution in [0.5, 0.6) is 0 Å². The van der Waals surface area contributed by atoms with Gasteiger partial charge in [-0.05, 0) is 87.4 Å². The summed E-state index contributed by atoms with van der Waals surface area (Å²) in [6, 6.07) is 0. The van der Waals surface area contributed by atoms with Gasteiger partial charge in [-0.15, -0.1) is 0 Å². The maximum absolute atomic E-state index is 13.7. The summed E-state index contributed by atoms with van der Waals surface area (Å²) in [4.78, 5) is 0. The first-order valence-corrected chi connectivity index (χ1v) is 9.51. The summed E-state index contributed by atoms with van der Waals surface area (Å²) in [5.41, 5.74) is 4.23. The van der Waals surface area contributed by atoms with Crippen molar-refractivity contribution in [1.82, 2.24) is 0 Å². The zero-order valence-corrected chi connectivity index (χ0v) is 13.9. The number of hydrogen-bond acceptors (Lipinski definition) is 0. The summed E-state index contributed by atoms with van der Waals surface area (Å²) in [6.45, 7) is 2.44. The van der Waals surface area contributed by atoms with E-state index in [0.717, 1.165) is 5.92 Å². The fourth-order valence-corrected chi connectivity index (χ4v) is 6.04. The molecule has 2 unspecified atom stereocenters. The van der Waals surface area contributed by atoms with Crippen LogP contribution in [0.1, 0.15) is 77.6 Å². The van der Waals surface area contributed by atoms with Crippen LogP contribution in [-0.4, -0.2) is 12.3 Å². The van der Waals surface area contributed by atoms with Crippen LogP contribution >= 0.6 is 0 Å². The third kappa shape index (κ3) is 2.76. The molecule has 0 N–H and O–H groups in total. The standard InChI is InChI=1S/C20H30F2/c1-20-7-6-19(16(11-20)12-20)14-4-2-13(3-5-14)15-8-17(21)10-18(22)9-15/h13-15,17-18H,2-12H2,1H3. The third-order valence-electron chi connectivity index (χ3n) is 7.29. The highest BCUT2D eigenvalue weighted by atomic mass is 19.1. The topological polar surface area (TPSA) is 0 Å². The minimum Gasteiger partial charge on any atom is -0.247 e. The van der Waals surface area contributed by atoms with Crippen molar-refractivity contribution in [3.05, 3.63) is 11.1 Å². The second-order valence-corrected chi connectivity index (χ2v) is 9.07. The molecule has 2 atom stereocenters. The van der Waals surface area contributed by atoms with E-state index in [2.05, 4.69) is 6.92 Å². The molecule has 0 aliphatic heterocycles. The molecule has 5 aliphatic carbocycles. The minimum atomic E-state index is -0.887. The van der Waals surface area contributed by atoms with Crippen LogP contribution < -0.4 is 0 Å². The Morgan fingerprint density at radius 3 is 2.05 bits per heavy atom. The second kappa shape index (κ2) is 5.60. The van der Waals surface area contributed by atoms with E-state index in [-0.39, 0.29) is 6.42 Å². The van der Waals surface area contributed by atoms with Crippen LogP contribution in [0.25, 0.3) is 0 Å². The van der Waals surface area contributed by atoms with Crippen LogP contribution in [0.2, 0.25) is 0 Å². The van der Waals surface area contributed by atoms with Crippen molar-refractivity contribution in [2.75, 3.05) is 0 Å². The van der Waals surface area contributed by atoms with Crippen LogP contribution in [0.4, 0.5) is 8.78 Å². The molecule has 0 amide bonds. The van der Waals surface area contributed by atoms with Crippen LogP contribution in [-0.2, 0) is 0 Å². The highest BCUT2D eigenvalue weighted by Crippen LogP contribution is 2.57. The number of fused-ring (bicyclic) bond motifs is 2. The molecule has 0 saturated heterocycles. The minimum absolute atomic E-state index is 0.154. The van der Waals surface area contributed by atoms with Crippen LogP contribution in [0, 0.1) is 23.2 Å². The Balaban J connectivity index is 1.34. The number of halogens is 2. The molecule has 5 aliphatic rings. The molecule has 0 heterocycles. The van der Waals surface area contributed by atoms with Gasteiger partial charge in [0.1, 0.15) is 12.3 Å². The predicted octanol–water partition coefficient (Wildman–Crippen LogP) is 6.16. The smallest absolute Gasteiger partial charge is 0.103 e. The first-order valence-electron chi connectivity index (χ1n) is 9.51. The lowest BCUT2D eigenvalue weighted by atomic mass is 9.56. The van der Waals surface area contributed by atoms with Gasteiger partial charge in [0.2, 0.25) is 0 Å². The molecule has 0 aromatic heterocycles. The largest absolute Gasteiger partial charge is 0.247 e. The van der Waals surface area contributed by atoms with Gasteiger partial charge >= 0.3 is 0 Å². The second-order valence-electron chi connectivity index (χ2n) is 9.07. The molecule has 3 saturated carbocycles. The Morgan fingerprint density at radius 1 is 0.864 bits per heavy atom. The van der Waals surface area contributed by atoms with E-state index >= 15 is 0 Å². The molecular weight excluding hydrogens is 278 g/mol. The van der Waals surface area contributed by atoms with E-state index in [1.165, 1.54) is 51.4 Å². The van der Waals surface area contributed by atoms with Gasteiger partial charge in [-0.1, -0.05) is 18.1 Å². The molecule has 22 heavy (non-hydrogen) atoms. The van der Waals surface area contributed by atoms with Crippen molar-refractivity contribution in [2.24, 2.45) is 23.2 Å². The van der Waals surface area contributed by atoms with Gasteiger partial charge in [0.25, 0.3) is 0 Å². The maximum atomic E-state index is 13.7. The number of rotatable bonds is 2.